The van der Waals surface area contributed by atoms with Crippen molar-refractivity contribution in [2.24, 2.45) is 5.92 Å². The van der Waals surface area contributed by atoms with E-state index >= 15 is 0 Å². The average molecular weight is 398 g/mol. The molecule has 0 saturated carbocycles. The Labute approximate surface area is 172 Å². The van der Waals surface area contributed by atoms with Gasteiger partial charge in [0.25, 0.3) is 0 Å². The highest BCUT2D eigenvalue weighted by atomic mass is 16.5. The average Bonchev–Trinajstić information content (AvgIpc) is 3.27. The summed E-state index contributed by atoms with van der Waals surface area (Å²) in [5, 5.41) is 3.92. The summed E-state index contributed by atoms with van der Waals surface area (Å²) in [4.78, 5) is 24.0. The summed E-state index contributed by atoms with van der Waals surface area (Å²) in [6.45, 7) is 5.72. The summed E-state index contributed by atoms with van der Waals surface area (Å²) in [6.07, 6.45) is 9.78. The highest BCUT2D eigenvalue weighted by Crippen LogP contribution is 2.25. The van der Waals surface area contributed by atoms with Crippen LogP contribution < -0.4 is 0 Å². The molecule has 29 heavy (non-hydrogen) atoms. The van der Waals surface area contributed by atoms with Crippen LogP contribution in [0.1, 0.15) is 36.9 Å². The second kappa shape index (κ2) is 9.50. The highest BCUT2D eigenvalue weighted by molar-refractivity contribution is 5.78. The number of amides is 1. The first-order valence-corrected chi connectivity index (χ1v) is 10.7. The molecule has 0 aliphatic carbocycles. The van der Waals surface area contributed by atoms with Crippen LogP contribution in [-0.2, 0) is 17.9 Å². The molecule has 7 heteroatoms. The van der Waals surface area contributed by atoms with Crippen molar-refractivity contribution in [2.75, 3.05) is 33.2 Å². The molecule has 1 atom stereocenters. The number of likely N-dealkylation sites (tertiary alicyclic amines) is 2. The molecule has 2 saturated heterocycles. The van der Waals surface area contributed by atoms with Crippen LogP contribution in [0.25, 0.3) is 0 Å². The van der Waals surface area contributed by atoms with Crippen LogP contribution in [0.3, 0.4) is 0 Å². The zero-order valence-corrected chi connectivity index (χ0v) is 17.2. The molecule has 2 aliphatic rings. The second-order valence-corrected chi connectivity index (χ2v) is 8.39. The standard InChI is InChI=1S/C22H31N5O2/c1-25(17-20-8-13-29-24-20)22(28)19-5-3-10-27(16-19)21-6-11-26(12-7-21)15-18-4-2-9-23-14-18/h2,4,8-9,13-14,19,21H,3,5-7,10-12,15-17H2,1H3. The van der Waals surface area contributed by atoms with Gasteiger partial charge in [0.1, 0.15) is 12.0 Å². The smallest absolute Gasteiger partial charge is 0.227 e. The van der Waals surface area contributed by atoms with Gasteiger partial charge in [-0.3, -0.25) is 19.6 Å². The van der Waals surface area contributed by atoms with Gasteiger partial charge in [0.05, 0.1) is 12.5 Å². The van der Waals surface area contributed by atoms with E-state index in [0.717, 1.165) is 51.3 Å². The summed E-state index contributed by atoms with van der Waals surface area (Å²) < 4.78 is 4.88. The van der Waals surface area contributed by atoms with Crippen LogP contribution in [-0.4, -0.2) is 70.0 Å². The number of rotatable bonds is 6. The van der Waals surface area contributed by atoms with Crippen molar-refractivity contribution in [1.29, 1.82) is 0 Å². The zero-order chi connectivity index (χ0) is 20.1. The van der Waals surface area contributed by atoms with Crippen molar-refractivity contribution in [3.8, 4) is 0 Å². The monoisotopic (exact) mass is 397 g/mol. The van der Waals surface area contributed by atoms with Crippen molar-refractivity contribution < 1.29 is 9.32 Å². The van der Waals surface area contributed by atoms with Gasteiger partial charge >= 0.3 is 0 Å². The van der Waals surface area contributed by atoms with E-state index in [4.69, 9.17) is 4.52 Å². The van der Waals surface area contributed by atoms with E-state index in [0.29, 0.717) is 12.6 Å². The van der Waals surface area contributed by atoms with E-state index in [2.05, 4.69) is 26.0 Å². The molecule has 4 heterocycles. The molecule has 2 aromatic heterocycles. The number of pyridine rings is 1. The Morgan fingerprint density at radius 2 is 2.10 bits per heavy atom. The van der Waals surface area contributed by atoms with E-state index in [1.807, 2.05) is 31.6 Å². The van der Waals surface area contributed by atoms with Gasteiger partial charge in [-0.15, -0.1) is 0 Å². The molecule has 4 rings (SSSR count). The van der Waals surface area contributed by atoms with Gasteiger partial charge in [-0.25, -0.2) is 0 Å². The van der Waals surface area contributed by atoms with Crippen molar-refractivity contribution in [3.63, 3.8) is 0 Å². The lowest BCUT2D eigenvalue weighted by Gasteiger charge is -2.42. The predicted molar refractivity (Wildman–Crippen MR) is 110 cm³/mol. The molecule has 7 nitrogen and oxygen atoms in total. The summed E-state index contributed by atoms with van der Waals surface area (Å²) >= 11 is 0. The molecule has 1 amide bonds. The summed E-state index contributed by atoms with van der Waals surface area (Å²) in [5.74, 6) is 0.320. The van der Waals surface area contributed by atoms with E-state index in [1.165, 1.54) is 18.4 Å². The molecular weight excluding hydrogens is 366 g/mol. The Morgan fingerprint density at radius 1 is 1.24 bits per heavy atom. The Hall–Kier alpha value is -2.25. The van der Waals surface area contributed by atoms with Gasteiger partial charge in [-0.1, -0.05) is 11.2 Å². The van der Waals surface area contributed by atoms with E-state index < -0.39 is 0 Å². The molecular formula is C22H31N5O2. The molecule has 0 spiro atoms. The molecule has 0 bridgehead atoms. The summed E-state index contributed by atoms with van der Waals surface area (Å²) in [6, 6.07) is 6.56. The van der Waals surface area contributed by atoms with Crippen molar-refractivity contribution in [1.82, 2.24) is 24.8 Å². The Bertz CT molecular complexity index is 759. The molecule has 156 valence electrons. The largest absolute Gasteiger partial charge is 0.364 e. The predicted octanol–water partition coefficient (Wildman–Crippen LogP) is 2.40. The van der Waals surface area contributed by atoms with Gasteiger partial charge in [0.15, 0.2) is 0 Å². The van der Waals surface area contributed by atoms with Gasteiger partial charge < -0.3 is 9.42 Å². The molecule has 0 radical (unpaired) electrons. The highest BCUT2D eigenvalue weighted by Gasteiger charge is 2.32. The van der Waals surface area contributed by atoms with Gasteiger partial charge in [0, 0.05) is 44.6 Å². The first-order chi connectivity index (χ1) is 14.2. The van der Waals surface area contributed by atoms with E-state index in [-0.39, 0.29) is 11.8 Å². The number of carbonyl (C=O) groups is 1. The summed E-state index contributed by atoms with van der Waals surface area (Å²) in [7, 11) is 1.87. The van der Waals surface area contributed by atoms with Crippen LogP contribution in [0, 0.1) is 5.92 Å². The number of hydrogen-bond donors (Lipinski definition) is 0. The van der Waals surface area contributed by atoms with Crippen LogP contribution in [0.5, 0.6) is 0 Å². The molecule has 2 fully saturated rings. The van der Waals surface area contributed by atoms with E-state index in [9.17, 15) is 4.79 Å². The Kier molecular flexibility index (Phi) is 6.56. The van der Waals surface area contributed by atoms with Gasteiger partial charge in [-0.05, 0) is 56.9 Å². The molecule has 2 aromatic rings. The minimum Gasteiger partial charge on any atom is -0.364 e. The van der Waals surface area contributed by atoms with Gasteiger partial charge in [-0.2, -0.15) is 0 Å². The quantitative estimate of drug-likeness (QED) is 0.746. The lowest BCUT2D eigenvalue weighted by Crippen LogP contribution is -2.50. The Balaban J connectivity index is 1.26. The third-order valence-corrected chi connectivity index (χ3v) is 6.27. The molecule has 2 aliphatic heterocycles. The number of nitrogens with zero attached hydrogens (tertiary/aromatic N) is 5. The molecule has 0 aromatic carbocycles. The fraction of sp³-hybridized carbons (Fsp3) is 0.591. The fourth-order valence-electron chi connectivity index (χ4n) is 4.68. The van der Waals surface area contributed by atoms with Gasteiger partial charge in [0.2, 0.25) is 5.91 Å². The van der Waals surface area contributed by atoms with Crippen molar-refractivity contribution in [3.05, 3.63) is 48.1 Å². The summed E-state index contributed by atoms with van der Waals surface area (Å²) in [5.41, 5.74) is 2.08. The van der Waals surface area contributed by atoms with Crippen LogP contribution in [0.2, 0.25) is 0 Å². The first-order valence-electron chi connectivity index (χ1n) is 10.7. The fourth-order valence-corrected chi connectivity index (χ4v) is 4.68. The number of piperidine rings is 2. The topological polar surface area (TPSA) is 65.7 Å². The van der Waals surface area contributed by atoms with E-state index in [1.54, 1.807) is 11.2 Å². The minimum atomic E-state index is 0.0917. The molecule has 0 N–H and O–H groups in total. The maximum absolute atomic E-state index is 12.9. The normalized spacial score (nSPS) is 21.9. The third kappa shape index (κ3) is 5.22. The number of aromatic nitrogens is 2. The minimum absolute atomic E-state index is 0.0917. The van der Waals surface area contributed by atoms with Crippen LogP contribution >= 0.6 is 0 Å². The maximum Gasteiger partial charge on any atom is 0.227 e. The van der Waals surface area contributed by atoms with Crippen LogP contribution in [0.4, 0.5) is 0 Å². The zero-order valence-electron chi connectivity index (χ0n) is 17.2. The lowest BCUT2D eigenvalue weighted by molar-refractivity contribution is -0.137. The van der Waals surface area contributed by atoms with Crippen molar-refractivity contribution in [2.45, 2.75) is 44.8 Å². The maximum atomic E-state index is 12.9. The lowest BCUT2D eigenvalue weighted by atomic mass is 9.93. The molecule has 1 unspecified atom stereocenters. The Morgan fingerprint density at radius 3 is 2.83 bits per heavy atom. The third-order valence-electron chi connectivity index (χ3n) is 6.27. The number of carbonyl (C=O) groups excluding carboxylic acids is 1. The first kappa shape index (κ1) is 20.0. The second-order valence-electron chi connectivity index (χ2n) is 8.39. The SMILES string of the molecule is CN(Cc1ccon1)C(=O)C1CCCN(C2CCN(Cc3cccnc3)CC2)C1. The van der Waals surface area contributed by atoms with Crippen LogP contribution in [0.15, 0.2) is 41.4 Å². The number of hydrogen-bond acceptors (Lipinski definition) is 6. The van der Waals surface area contributed by atoms with Crippen molar-refractivity contribution >= 4 is 5.91 Å².